The summed E-state index contributed by atoms with van der Waals surface area (Å²) in [5.74, 6) is -0.493. The van der Waals surface area contributed by atoms with Gasteiger partial charge in [-0.1, -0.05) is 0 Å². The molecule has 0 aromatic carbocycles. The smallest absolute Gasteiger partial charge is 0.333 e. The Morgan fingerprint density at radius 1 is 1.50 bits per heavy atom. The highest BCUT2D eigenvalue weighted by molar-refractivity contribution is 5.92. The Bertz CT molecular complexity index is 605. The monoisotopic (exact) mass is 283 g/mol. The number of carbonyl (C=O) groups excluding carboxylic acids is 1. The standard InChI is InChI=1S/C12H15F2N5O/c1-3-18-8(2)9(7-16-18)6-15-11(20)10-4-5-19(17-10)12(13)14/h4-5,7,12H,3,6H2,1-2H3,(H,15,20). The van der Waals surface area contributed by atoms with Crippen LogP contribution in [0.3, 0.4) is 0 Å². The lowest BCUT2D eigenvalue weighted by molar-refractivity contribution is 0.0560. The maximum absolute atomic E-state index is 12.3. The first-order valence-corrected chi connectivity index (χ1v) is 6.15. The molecule has 0 radical (unpaired) electrons. The molecule has 0 aliphatic rings. The molecule has 0 fully saturated rings. The maximum Gasteiger partial charge on any atom is 0.333 e. The van der Waals surface area contributed by atoms with Gasteiger partial charge in [-0.05, 0) is 19.9 Å². The number of rotatable bonds is 5. The summed E-state index contributed by atoms with van der Waals surface area (Å²) in [5, 5.41) is 10.3. The van der Waals surface area contributed by atoms with Crippen molar-refractivity contribution in [2.75, 3.05) is 0 Å². The first-order chi connectivity index (χ1) is 9.52. The fourth-order valence-corrected chi connectivity index (χ4v) is 1.81. The molecule has 108 valence electrons. The lowest BCUT2D eigenvalue weighted by atomic mass is 10.2. The topological polar surface area (TPSA) is 64.7 Å². The number of carbonyl (C=O) groups is 1. The fraction of sp³-hybridized carbons (Fsp3) is 0.417. The maximum atomic E-state index is 12.3. The number of hydrogen-bond donors (Lipinski definition) is 1. The summed E-state index contributed by atoms with van der Waals surface area (Å²) >= 11 is 0. The minimum Gasteiger partial charge on any atom is -0.346 e. The third-order valence-electron chi connectivity index (χ3n) is 2.98. The van der Waals surface area contributed by atoms with Crippen LogP contribution in [0.15, 0.2) is 18.5 Å². The van der Waals surface area contributed by atoms with Crippen molar-refractivity contribution in [3.8, 4) is 0 Å². The van der Waals surface area contributed by atoms with E-state index in [1.807, 2.05) is 18.5 Å². The zero-order chi connectivity index (χ0) is 14.7. The summed E-state index contributed by atoms with van der Waals surface area (Å²) in [6.07, 6.45) is 2.75. The van der Waals surface area contributed by atoms with Crippen LogP contribution >= 0.6 is 0 Å². The predicted octanol–water partition coefficient (Wildman–Crippen LogP) is 1.73. The van der Waals surface area contributed by atoms with Gasteiger partial charge >= 0.3 is 6.55 Å². The number of amides is 1. The minimum atomic E-state index is -2.75. The molecule has 0 bridgehead atoms. The van der Waals surface area contributed by atoms with Crippen molar-refractivity contribution in [2.24, 2.45) is 0 Å². The van der Waals surface area contributed by atoms with E-state index in [4.69, 9.17) is 0 Å². The molecule has 2 aromatic rings. The van der Waals surface area contributed by atoms with E-state index in [0.717, 1.165) is 24.0 Å². The molecule has 2 aromatic heterocycles. The van der Waals surface area contributed by atoms with Gasteiger partial charge in [-0.15, -0.1) is 0 Å². The molecule has 0 spiro atoms. The van der Waals surface area contributed by atoms with Crippen molar-refractivity contribution >= 4 is 5.91 Å². The average molecular weight is 283 g/mol. The van der Waals surface area contributed by atoms with Crippen LogP contribution in [0.1, 0.15) is 35.2 Å². The third-order valence-corrected chi connectivity index (χ3v) is 2.98. The SMILES string of the molecule is CCn1ncc(CNC(=O)c2ccn(C(F)F)n2)c1C. The highest BCUT2D eigenvalue weighted by Gasteiger charge is 2.14. The van der Waals surface area contributed by atoms with Crippen molar-refractivity contribution in [3.05, 3.63) is 35.4 Å². The second-order valence-electron chi connectivity index (χ2n) is 4.21. The second-order valence-corrected chi connectivity index (χ2v) is 4.21. The summed E-state index contributed by atoms with van der Waals surface area (Å²) < 4.78 is 26.9. The van der Waals surface area contributed by atoms with Crippen molar-refractivity contribution in [2.45, 2.75) is 33.5 Å². The Hall–Kier alpha value is -2.25. The number of aryl methyl sites for hydroxylation is 1. The fourth-order valence-electron chi connectivity index (χ4n) is 1.81. The van der Waals surface area contributed by atoms with Crippen LogP contribution in [0.25, 0.3) is 0 Å². The van der Waals surface area contributed by atoms with Gasteiger partial charge in [0.2, 0.25) is 0 Å². The molecule has 0 aliphatic heterocycles. The van der Waals surface area contributed by atoms with Crippen LogP contribution in [-0.2, 0) is 13.1 Å². The highest BCUT2D eigenvalue weighted by atomic mass is 19.3. The minimum absolute atomic E-state index is 0.0363. The lowest BCUT2D eigenvalue weighted by Crippen LogP contribution is -2.23. The van der Waals surface area contributed by atoms with Crippen LogP contribution in [0.4, 0.5) is 8.78 Å². The van der Waals surface area contributed by atoms with Gasteiger partial charge in [-0.25, -0.2) is 4.68 Å². The van der Waals surface area contributed by atoms with Crippen LogP contribution in [0.2, 0.25) is 0 Å². The number of hydrogen-bond acceptors (Lipinski definition) is 3. The molecule has 0 atom stereocenters. The molecule has 0 saturated heterocycles. The molecule has 2 rings (SSSR count). The molecule has 1 amide bonds. The molecule has 8 heteroatoms. The zero-order valence-electron chi connectivity index (χ0n) is 11.2. The van der Waals surface area contributed by atoms with Crippen molar-refractivity contribution in [1.29, 1.82) is 0 Å². The van der Waals surface area contributed by atoms with E-state index >= 15 is 0 Å². The summed E-state index contributed by atoms with van der Waals surface area (Å²) in [7, 11) is 0. The van der Waals surface area contributed by atoms with Crippen molar-refractivity contribution in [3.63, 3.8) is 0 Å². The Labute approximate surface area is 114 Å². The van der Waals surface area contributed by atoms with Crippen LogP contribution in [0.5, 0.6) is 0 Å². The van der Waals surface area contributed by atoms with E-state index in [0.29, 0.717) is 4.68 Å². The first kappa shape index (κ1) is 14.2. The number of halogens is 2. The molecular weight excluding hydrogens is 268 g/mol. The van der Waals surface area contributed by atoms with Crippen LogP contribution in [0, 0.1) is 6.92 Å². The Balaban J connectivity index is 1.99. The summed E-state index contributed by atoms with van der Waals surface area (Å²) in [5.41, 5.74) is 1.81. The van der Waals surface area contributed by atoms with E-state index in [2.05, 4.69) is 15.5 Å². The van der Waals surface area contributed by atoms with Gasteiger partial charge in [0.15, 0.2) is 0 Å². The van der Waals surface area contributed by atoms with Gasteiger partial charge in [0.05, 0.1) is 6.20 Å². The first-order valence-electron chi connectivity index (χ1n) is 6.15. The normalized spacial score (nSPS) is 11.1. The Morgan fingerprint density at radius 3 is 2.80 bits per heavy atom. The van der Waals surface area contributed by atoms with Gasteiger partial charge in [0.25, 0.3) is 5.91 Å². The van der Waals surface area contributed by atoms with Gasteiger partial charge < -0.3 is 5.32 Å². The molecule has 1 N–H and O–H groups in total. The summed E-state index contributed by atoms with van der Waals surface area (Å²) in [6.45, 7) is 2.16. The highest BCUT2D eigenvalue weighted by Crippen LogP contribution is 2.10. The lowest BCUT2D eigenvalue weighted by Gasteiger charge is -2.04. The largest absolute Gasteiger partial charge is 0.346 e. The van der Waals surface area contributed by atoms with E-state index in [1.165, 1.54) is 6.07 Å². The number of alkyl halides is 2. The second kappa shape index (κ2) is 5.81. The molecule has 2 heterocycles. The van der Waals surface area contributed by atoms with Gasteiger partial charge in [-0.3, -0.25) is 9.48 Å². The van der Waals surface area contributed by atoms with Gasteiger partial charge in [0, 0.05) is 30.5 Å². The quantitative estimate of drug-likeness (QED) is 0.909. The molecule has 0 unspecified atom stereocenters. The van der Waals surface area contributed by atoms with Crippen molar-refractivity contribution < 1.29 is 13.6 Å². The summed E-state index contributed by atoms with van der Waals surface area (Å²) in [6, 6.07) is 1.25. The molecular formula is C12H15F2N5O. The summed E-state index contributed by atoms with van der Waals surface area (Å²) in [4.78, 5) is 11.8. The molecule has 20 heavy (non-hydrogen) atoms. The predicted molar refractivity (Wildman–Crippen MR) is 67.3 cm³/mol. The van der Waals surface area contributed by atoms with E-state index in [1.54, 1.807) is 6.20 Å². The molecule has 0 aliphatic carbocycles. The van der Waals surface area contributed by atoms with Crippen LogP contribution in [-0.4, -0.2) is 25.5 Å². The Kier molecular flexibility index (Phi) is 4.11. The van der Waals surface area contributed by atoms with E-state index in [-0.39, 0.29) is 12.2 Å². The Morgan fingerprint density at radius 2 is 2.25 bits per heavy atom. The van der Waals surface area contributed by atoms with Crippen molar-refractivity contribution in [1.82, 2.24) is 24.9 Å². The van der Waals surface area contributed by atoms with Crippen LogP contribution < -0.4 is 5.32 Å². The van der Waals surface area contributed by atoms with E-state index in [9.17, 15) is 13.6 Å². The number of aromatic nitrogens is 4. The average Bonchev–Trinajstić information content (AvgIpc) is 3.03. The number of nitrogens with one attached hydrogen (secondary N) is 1. The number of nitrogens with zero attached hydrogens (tertiary/aromatic N) is 4. The molecule has 0 saturated carbocycles. The third kappa shape index (κ3) is 2.84. The van der Waals surface area contributed by atoms with E-state index < -0.39 is 12.5 Å². The zero-order valence-corrected chi connectivity index (χ0v) is 11.2. The van der Waals surface area contributed by atoms with Gasteiger partial charge in [-0.2, -0.15) is 19.0 Å². The molecule has 6 nitrogen and oxygen atoms in total. The van der Waals surface area contributed by atoms with Gasteiger partial charge in [0.1, 0.15) is 5.69 Å².